The van der Waals surface area contributed by atoms with Crippen LogP contribution in [-0.4, -0.2) is 63.4 Å². The Balaban J connectivity index is 1.43. The van der Waals surface area contributed by atoms with Crippen molar-refractivity contribution in [2.45, 2.75) is 13.3 Å². The van der Waals surface area contributed by atoms with E-state index >= 15 is 0 Å². The first-order chi connectivity index (χ1) is 15.6. The van der Waals surface area contributed by atoms with Crippen LogP contribution in [0.3, 0.4) is 0 Å². The van der Waals surface area contributed by atoms with Crippen LogP contribution in [-0.2, 0) is 4.79 Å². The molecule has 2 amide bonds. The summed E-state index contributed by atoms with van der Waals surface area (Å²) >= 11 is 0.885. The summed E-state index contributed by atoms with van der Waals surface area (Å²) < 4.78 is 1.78. The van der Waals surface area contributed by atoms with Crippen LogP contribution in [0.15, 0.2) is 47.5 Å². The van der Waals surface area contributed by atoms with Crippen molar-refractivity contribution in [2.75, 3.05) is 37.6 Å². The quantitative estimate of drug-likeness (QED) is 0.600. The number of aromatic nitrogens is 3. The van der Waals surface area contributed by atoms with Crippen molar-refractivity contribution in [3.8, 4) is 11.3 Å². The highest BCUT2D eigenvalue weighted by Gasteiger charge is 2.25. The summed E-state index contributed by atoms with van der Waals surface area (Å²) in [5, 5.41) is 6.56. The molecular formula is C23H24N6O2S. The number of rotatable bonds is 5. The molecule has 1 N–H and O–H groups in total. The van der Waals surface area contributed by atoms with Gasteiger partial charge in [0.05, 0.1) is 22.5 Å². The lowest BCUT2D eigenvalue weighted by atomic mass is 10.1. The zero-order valence-electron chi connectivity index (χ0n) is 17.8. The van der Waals surface area contributed by atoms with Crippen LogP contribution < -0.4 is 10.2 Å². The van der Waals surface area contributed by atoms with Gasteiger partial charge in [-0.25, -0.2) is 9.50 Å². The Morgan fingerprint density at radius 2 is 1.97 bits per heavy atom. The summed E-state index contributed by atoms with van der Waals surface area (Å²) in [5.74, 6) is -0.389. The smallest absolute Gasteiger partial charge is 0.290 e. The van der Waals surface area contributed by atoms with Crippen molar-refractivity contribution in [2.24, 2.45) is 0 Å². The molecule has 1 aromatic carbocycles. The summed E-state index contributed by atoms with van der Waals surface area (Å²) in [6, 6.07) is 12.1. The molecule has 2 saturated heterocycles. The molecule has 0 unspecified atom stereocenters. The van der Waals surface area contributed by atoms with E-state index in [9.17, 15) is 9.59 Å². The number of carbonyl (C=O) groups excluding carboxylic acids is 2. The third-order valence-electron chi connectivity index (χ3n) is 5.72. The minimum absolute atomic E-state index is 0.340. The molecule has 8 nitrogen and oxygen atoms in total. The lowest BCUT2D eigenvalue weighted by Crippen LogP contribution is -2.46. The number of amides is 2. The van der Waals surface area contributed by atoms with E-state index < -0.39 is 0 Å². The average Bonchev–Trinajstić information content (AvgIpc) is 3.36. The fourth-order valence-electron chi connectivity index (χ4n) is 4.12. The first kappa shape index (κ1) is 20.7. The van der Waals surface area contributed by atoms with Crippen LogP contribution in [0.4, 0.5) is 10.5 Å². The second-order valence-electron chi connectivity index (χ2n) is 7.90. The second kappa shape index (κ2) is 8.76. The van der Waals surface area contributed by atoms with Gasteiger partial charge in [0.1, 0.15) is 0 Å². The highest BCUT2D eigenvalue weighted by atomic mass is 32.2. The maximum atomic E-state index is 11.9. The van der Waals surface area contributed by atoms with E-state index in [1.165, 1.54) is 12.1 Å². The fourth-order valence-corrected chi connectivity index (χ4v) is 4.79. The second-order valence-corrected chi connectivity index (χ2v) is 8.92. The van der Waals surface area contributed by atoms with Gasteiger partial charge in [0.2, 0.25) is 0 Å². The predicted molar refractivity (Wildman–Crippen MR) is 126 cm³/mol. The summed E-state index contributed by atoms with van der Waals surface area (Å²) in [6.07, 6.45) is 4.63. The highest BCUT2D eigenvalue weighted by molar-refractivity contribution is 8.18. The van der Waals surface area contributed by atoms with Crippen molar-refractivity contribution in [1.82, 2.24) is 24.8 Å². The van der Waals surface area contributed by atoms with Gasteiger partial charge < -0.3 is 4.90 Å². The van der Waals surface area contributed by atoms with Crippen molar-refractivity contribution >= 4 is 40.3 Å². The number of nitrogens with zero attached hydrogens (tertiary/aromatic N) is 5. The number of imide groups is 1. The zero-order valence-corrected chi connectivity index (χ0v) is 18.6. The van der Waals surface area contributed by atoms with Crippen molar-refractivity contribution in [3.63, 3.8) is 0 Å². The van der Waals surface area contributed by atoms with Gasteiger partial charge >= 0.3 is 0 Å². The molecule has 2 aromatic heterocycles. The molecule has 0 bridgehead atoms. The Morgan fingerprint density at radius 3 is 2.72 bits per heavy atom. The van der Waals surface area contributed by atoms with E-state index in [1.54, 1.807) is 16.7 Å². The topological polar surface area (TPSA) is 82.8 Å². The Kier molecular flexibility index (Phi) is 5.67. The van der Waals surface area contributed by atoms with Gasteiger partial charge in [-0.15, -0.1) is 0 Å². The van der Waals surface area contributed by atoms with E-state index in [1.807, 2.05) is 12.3 Å². The van der Waals surface area contributed by atoms with Gasteiger partial charge in [-0.2, -0.15) is 5.10 Å². The minimum Gasteiger partial charge on any atom is -0.369 e. The van der Waals surface area contributed by atoms with Crippen LogP contribution in [0.2, 0.25) is 0 Å². The number of carbonyl (C=O) groups is 2. The highest BCUT2D eigenvalue weighted by Crippen LogP contribution is 2.28. The maximum Gasteiger partial charge on any atom is 0.290 e. The Bertz CT molecular complexity index is 1210. The number of anilines is 1. The van der Waals surface area contributed by atoms with Crippen molar-refractivity contribution in [1.29, 1.82) is 0 Å². The number of fused-ring (bicyclic) bond motifs is 1. The monoisotopic (exact) mass is 448 g/mol. The van der Waals surface area contributed by atoms with Crippen LogP contribution in [0.1, 0.15) is 19.0 Å². The third-order valence-corrected chi connectivity index (χ3v) is 6.53. The fraction of sp³-hybridized carbons (Fsp3) is 0.304. The molecule has 3 aromatic rings. The number of imidazole rings is 1. The molecule has 0 atom stereocenters. The lowest BCUT2D eigenvalue weighted by molar-refractivity contribution is -0.115. The van der Waals surface area contributed by atoms with Gasteiger partial charge in [-0.05, 0) is 55.1 Å². The Labute approximate surface area is 190 Å². The largest absolute Gasteiger partial charge is 0.369 e. The molecule has 164 valence electrons. The molecular weight excluding hydrogens is 424 g/mol. The minimum atomic E-state index is -0.389. The van der Waals surface area contributed by atoms with Gasteiger partial charge in [0.15, 0.2) is 5.65 Å². The summed E-state index contributed by atoms with van der Waals surface area (Å²) in [7, 11) is 0. The third kappa shape index (κ3) is 4.13. The first-order valence-corrected chi connectivity index (χ1v) is 11.6. The summed E-state index contributed by atoms with van der Waals surface area (Å²) in [5.41, 5.74) is 4.43. The average molecular weight is 449 g/mol. The number of hydrogen-bond acceptors (Lipinski definition) is 7. The number of hydrogen-bond donors (Lipinski definition) is 1. The summed E-state index contributed by atoms with van der Waals surface area (Å²) in [4.78, 5) is 33.1. The molecule has 0 radical (unpaired) electrons. The van der Waals surface area contributed by atoms with E-state index in [4.69, 9.17) is 0 Å². The van der Waals surface area contributed by atoms with Gasteiger partial charge in [-0.3, -0.25) is 19.8 Å². The van der Waals surface area contributed by atoms with Crippen LogP contribution in [0.5, 0.6) is 0 Å². The SMILES string of the molecule is CCCN1CCN(c2cccc(-c3cnc4ccc(/C=C5\SC(=O)NC5=O)nn34)c2)CC1. The summed E-state index contributed by atoms with van der Waals surface area (Å²) in [6.45, 7) is 7.59. The van der Waals surface area contributed by atoms with Crippen molar-refractivity contribution in [3.05, 3.63) is 53.2 Å². The Morgan fingerprint density at radius 1 is 1.12 bits per heavy atom. The molecule has 2 aliphatic rings. The van der Waals surface area contributed by atoms with Crippen LogP contribution in [0, 0.1) is 0 Å². The zero-order chi connectivity index (χ0) is 22.1. The van der Waals surface area contributed by atoms with Crippen molar-refractivity contribution < 1.29 is 9.59 Å². The van der Waals surface area contributed by atoms with E-state index in [2.05, 4.69) is 56.4 Å². The number of benzene rings is 1. The normalized spacial score (nSPS) is 18.7. The number of nitrogens with one attached hydrogen (secondary N) is 1. The molecule has 2 aliphatic heterocycles. The molecule has 0 spiro atoms. The molecule has 32 heavy (non-hydrogen) atoms. The number of piperazine rings is 1. The molecule has 2 fully saturated rings. The van der Waals surface area contributed by atoms with Crippen LogP contribution >= 0.6 is 11.8 Å². The van der Waals surface area contributed by atoms with E-state index in [-0.39, 0.29) is 11.1 Å². The van der Waals surface area contributed by atoms with E-state index in [0.717, 1.165) is 61.4 Å². The predicted octanol–water partition coefficient (Wildman–Crippen LogP) is 3.25. The molecule has 5 rings (SSSR count). The molecule has 9 heteroatoms. The van der Waals surface area contributed by atoms with Gasteiger partial charge in [-0.1, -0.05) is 19.1 Å². The van der Waals surface area contributed by atoms with E-state index in [0.29, 0.717) is 10.6 Å². The van der Waals surface area contributed by atoms with Gasteiger partial charge in [0.25, 0.3) is 11.1 Å². The molecule has 4 heterocycles. The molecule has 0 saturated carbocycles. The lowest BCUT2D eigenvalue weighted by Gasteiger charge is -2.36. The maximum absolute atomic E-state index is 11.9. The Hall–Kier alpha value is -3.17. The standard InChI is InChI=1S/C23H24N6O2S/c1-2-8-27-9-11-28(12-10-27)18-5-3-4-16(13-18)19-15-24-21-7-6-17(26-29(19)21)14-20-22(30)25-23(31)32-20/h3-7,13-15H,2,8-12H2,1H3,(H,25,30,31)/b20-14-. The first-order valence-electron chi connectivity index (χ1n) is 10.8. The van der Waals surface area contributed by atoms with Crippen LogP contribution in [0.25, 0.3) is 23.0 Å². The van der Waals surface area contributed by atoms with Gasteiger partial charge in [0, 0.05) is 37.4 Å². The number of thioether (sulfide) groups is 1. The molecule has 0 aliphatic carbocycles.